The van der Waals surface area contributed by atoms with Crippen molar-refractivity contribution < 1.29 is 9.18 Å². The lowest BCUT2D eigenvalue weighted by molar-refractivity contribution is -0.117. The maximum atomic E-state index is 13.5. The molecule has 0 aromatic heterocycles. The zero-order valence-corrected chi connectivity index (χ0v) is 9.84. The molecule has 1 heterocycles. The van der Waals surface area contributed by atoms with Crippen LogP contribution in [0, 0.1) is 0 Å². The Morgan fingerprint density at radius 1 is 1.41 bits per heavy atom. The molecule has 1 aromatic carbocycles. The summed E-state index contributed by atoms with van der Waals surface area (Å²) in [7, 11) is 0. The first kappa shape index (κ1) is 11.9. The monoisotopic (exact) mass is 250 g/mol. The van der Waals surface area contributed by atoms with Gasteiger partial charge in [0.1, 0.15) is 0 Å². The summed E-state index contributed by atoms with van der Waals surface area (Å²) in [6.07, 6.45) is 1.20. The molecule has 0 saturated heterocycles. The van der Waals surface area contributed by atoms with Gasteiger partial charge in [0, 0.05) is 5.75 Å². The van der Waals surface area contributed by atoms with Gasteiger partial charge in [-0.1, -0.05) is 42.1 Å². The van der Waals surface area contributed by atoms with E-state index in [4.69, 9.17) is 0 Å². The van der Waals surface area contributed by atoms with Crippen LogP contribution in [0.3, 0.4) is 0 Å². The molecule has 1 amide bonds. The summed E-state index contributed by atoms with van der Waals surface area (Å²) in [6, 6.07) is 8.87. The van der Waals surface area contributed by atoms with Crippen LogP contribution in [-0.4, -0.2) is 23.4 Å². The molecule has 0 aliphatic carbocycles. The summed E-state index contributed by atoms with van der Waals surface area (Å²) in [5.74, 6) is -0.729. The third-order valence-corrected chi connectivity index (χ3v) is 3.01. The molecule has 3 nitrogen and oxygen atoms in total. The van der Waals surface area contributed by atoms with E-state index in [0.717, 1.165) is 5.75 Å². The summed E-state index contributed by atoms with van der Waals surface area (Å²) < 4.78 is 13.5. The lowest BCUT2D eigenvalue weighted by Crippen LogP contribution is -2.27. The molecule has 0 atom stereocenters. The van der Waals surface area contributed by atoms with Gasteiger partial charge in [0.05, 0.1) is 6.54 Å². The number of benzene rings is 1. The minimum absolute atomic E-state index is 0.492. The van der Waals surface area contributed by atoms with Crippen LogP contribution < -0.4 is 5.32 Å². The summed E-state index contributed by atoms with van der Waals surface area (Å²) in [6.45, 7) is 0.671. The van der Waals surface area contributed by atoms with Crippen LogP contribution in [0.25, 0.3) is 6.08 Å². The fourth-order valence-corrected chi connectivity index (χ4v) is 2.05. The average Bonchev–Trinajstić information content (AvgIpc) is 2.83. The third kappa shape index (κ3) is 3.42. The van der Waals surface area contributed by atoms with Crippen LogP contribution in [0.2, 0.25) is 0 Å². The van der Waals surface area contributed by atoms with Gasteiger partial charge < -0.3 is 0 Å². The van der Waals surface area contributed by atoms with Crippen LogP contribution in [0.15, 0.2) is 41.2 Å². The molecule has 0 unspecified atom stereocenters. The largest absolute Gasteiger partial charge is 0.299 e. The van der Waals surface area contributed by atoms with E-state index < -0.39 is 11.7 Å². The summed E-state index contributed by atoms with van der Waals surface area (Å²) in [4.78, 5) is 15.5. The molecule has 5 heteroatoms. The summed E-state index contributed by atoms with van der Waals surface area (Å²) >= 11 is 1.42. The predicted octanol–water partition coefficient (Wildman–Crippen LogP) is 2.22. The number of amidine groups is 1. The van der Waals surface area contributed by atoms with E-state index in [1.54, 1.807) is 24.3 Å². The van der Waals surface area contributed by atoms with E-state index >= 15 is 0 Å². The smallest absolute Gasteiger partial charge is 0.285 e. The number of rotatable bonds is 2. The number of aliphatic imine (C=N–C) groups is 1. The highest BCUT2D eigenvalue weighted by molar-refractivity contribution is 8.14. The van der Waals surface area contributed by atoms with Gasteiger partial charge >= 0.3 is 0 Å². The summed E-state index contributed by atoms with van der Waals surface area (Å²) in [5.41, 5.74) is 0.654. The van der Waals surface area contributed by atoms with Crippen molar-refractivity contribution >= 4 is 28.9 Å². The molecule has 1 aliphatic rings. The number of thioether (sulfide) groups is 1. The van der Waals surface area contributed by atoms with Crippen LogP contribution >= 0.6 is 11.8 Å². The fourth-order valence-electron chi connectivity index (χ4n) is 1.33. The lowest BCUT2D eigenvalue weighted by atomic mass is 10.2. The van der Waals surface area contributed by atoms with E-state index in [1.165, 1.54) is 17.8 Å². The van der Waals surface area contributed by atoms with Gasteiger partial charge in [-0.05, 0) is 11.6 Å². The number of hydrogen-bond acceptors (Lipinski definition) is 3. The van der Waals surface area contributed by atoms with E-state index in [1.807, 2.05) is 6.07 Å². The number of carbonyl (C=O) groups excluding carboxylic acids is 1. The second kappa shape index (κ2) is 5.63. The van der Waals surface area contributed by atoms with Crippen molar-refractivity contribution in [3.8, 4) is 0 Å². The second-order valence-electron chi connectivity index (χ2n) is 3.39. The number of hydrogen-bond donors (Lipinski definition) is 1. The second-order valence-corrected chi connectivity index (χ2v) is 4.48. The first-order valence-corrected chi connectivity index (χ1v) is 6.15. The van der Waals surface area contributed by atoms with E-state index in [2.05, 4.69) is 10.3 Å². The van der Waals surface area contributed by atoms with Crippen molar-refractivity contribution in [1.29, 1.82) is 0 Å². The highest BCUT2D eigenvalue weighted by Gasteiger charge is 2.14. The van der Waals surface area contributed by atoms with Gasteiger partial charge in [-0.3, -0.25) is 15.1 Å². The zero-order chi connectivity index (χ0) is 12.1. The minimum Gasteiger partial charge on any atom is -0.299 e. The van der Waals surface area contributed by atoms with Gasteiger partial charge in [0.25, 0.3) is 5.91 Å². The molecule has 17 heavy (non-hydrogen) atoms. The Morgan fingerprint density at radius 2 is 2.18 bits per heavy atom. The van der Waals surface area contributed by atoms with Crippen molar-refractivity contribution in [3.63, 3.8) is 0 Å². The molecule has 1 N–H and O–H groups in total. The minimum atomic E-state index is -0.814. The summed E-state index contributed by atoms with van der Waals surface area (Å²) in [5, 5.41) is 2.92. The SMILES string of the molecule is O=C(NC1=NCCS1)/C(F)=C/c1ccccc1. The highest BCUT2D eigenvalue weighted by Crippen LogP contribution is 2.11. The number of amides is 1. The van der Waals surface area contributed by atoms with Crippen molar-refractivity contribution in [2.75, 3.05) is 12.3 Å². The molecule has 0 radical (unpaired) electrons. The van der Waals surface area contributed by atoms with Crippen molar-refractivity contribution in [2.45, 2.75) is 0 Å². The van der Waals surface area contributed by atoms with Gasteiger partial charge in [0.2, 0.25) is 0 Å². The van der Waals surface area contributed by atoms with Gasteiger partial charge in [-0.15, -0.1) is 0 Å². The van der Waals surface area contributed by atoms with Crippen molar-refractivity contribution in [2.24, 2.45) is 4.99 Å². The normalized spacial score (nSPS) is 15.6. The predicted molar refractivity (Wildman–Crippen MR) is 68.4 cm³/mol. The Hall–Kier alpha value is -1.62. The van der Waals surface area contributed by atoms with Crippen LogP contribution in [0.4, 0.5) is 4.39 Å². The third-order valence-electron chi connectivity index (χ3n) is 2.12. The Bertz CT molecular complexity index is 471. The quantitative estimate of drug-likeness (QED) is 0.818. The molecule has 1 aliphatic heterocycles. The molecule has 2 rings (SSSR count). The lowest BCUT2D eigenvalue weighted by Gasteiger charge is -2.01. The number of nitrogens with one attached hydrogen (secondary N) is 1. The average molecular weight is 250 g/mol. The molecular weight excluding hydrogens is 239 g/mol. The Kier molecular flexibility index (Phi) is 3.93. The molecular formula is C12H11FN2OS. The molecule has 0 saturated carbocycles. The van der Waals surface area contributed by atoms with E-state index in [-0.39, 0.29) is 0 Å². The molecule has 88 valence electrons. The number of carbonyl (C=O) groups is 1. The maximum absolute atomic E-state index is 13.5. The Morgan fingerprint density at radius 3 is 2.82 bits per heavy atom. The van der Waals surface area contributed by atoms with Gasteiger partial charge in [-0.2, -0.15) is 0 Å². The highest BCUT2D eigenvalue weighted by atomic mass is 32.2. The first-order chi connectivity index (χ1) is 8.25. The van der Waals surface area contributed by atoms with Crippen LogP contribution in [0.1, 0.15) is 5.56 Å². The fraction of sp³-hybridized carbons (Fsp3) is 0.167. The molecule has 0 spiro atoms. The van der Waals surface area contributed by atoms with Gasteiger partial charge in [-0.25, -0.2) is 4.39 Å². The number of nitrogens with zero attached hydrogens (tertiary/aromatic N) is 1. The Labute approximate surface area is 103 Å². The van der Waals surface area contributed by atoms with E-state index in [0.29, 0.717) is 17.3 Å². The standard InChI is InChI=1S/C12H11FN2OS/c13-10(8-9-4-2-1-3-5-9)11(16)15-12-14-6-7-17-12/h1-5,8H,6-7H2,(H,14,15,16)/b10-8-. The topological polar surface area (TPSA) is 41.5 Å². The molecule has 1 aromatic rings. The zero-order valence-electron chi connectivity index (χ0n) is 9.02. The molecule has 0 bridgehead atoms. The maximum Gasteiger partial charge on any atom is 0.285 e. The Balaban J connectivity index is 2.01. The molecule has 0 fully saturated rings. The van der Waals surface area contributed by atoms with Crippen LogP contribution in [-0.2, 0) is 4.79 Å². The van der Waals surface area contributed by atoms with Crippen molar-refractivity contribution in [1.82, 2.24) is 5.32 Å². The van der Waals surface area contributed by atoms with Crippen LogP contribution in [0.5, 0.6) is 0 Å². The van der Waals surface area contributed by atoms with Crippen molar-refractivity contribution in [3.05, 3.63) is 41.7 Å². The number of halogens is 1. The van der Waals surface area contributed by atoms with E-state index in [9.17, 15) is 9.18 Å². The first-order valence-electron chi connectivity index (χ1n) is 5.16. The van der Waals surface area contributed by atoms with Gasteiger partial charge in [0.15, 0.2) is 11.0 Å².